The van der Waals surface area contributed by atoms with Gasteiger partial charge >= 0.3 is 0 Å². The minimum absolute atomic E-state index is 0.335. The molecule has 0 aliphatic carbocycles. The molecule has 0 fully saturated rings. The van der Waals surface area contributed by atoms with Crippen molar-refractivity contribution in [2.75, 3.05) is 13.4 Å². The Hall–Kier alpha value is -0.323. The van der Waals surface area contributed by atoms with Crippen LogP contribution in [0.2, 0.25) is 25.7 Å². The smallest absolute Gasteiger partial charge is 0.189 e. The Bertz CT molecular complexity index is 361. The number of benzene rings is 1. The van der Waals surface area contributed by atoms with Crippen molar-refractivity contribution >= 4 is 24.0 Å². The zero-order valence-corrected chi connectivity index (χ0v) is 13.6. The van der Waals surface area contributed by atoms with E-state index in [4.69, 9.17) is 9.47 Å². The zero-order valence-electron chi connectivity index (χ0n) is 11.0. The van der Waals surface area contributed by atoms with Gasteiger partial charge in [-0.2, -0.15) is 0 Å². The molecule has 0 saturated heterocycles. The van der Waals surface area contributed by atoms with Gasteiger partial charge in [0, 0.05) is 19.2 Å². The second-order valence-electron chi connectivity index (χ2n) is 5.39. The molecule has 17 heavy (non-hydrogen) atoms. The molecule has 4 heteroatoms. The van der Waals surface area contributed by atoms with Gasteiger partial charge in [0.25, 0.3) is 0 Å². The molecule has 0 N–H and O–H groups in total. The fourth-order valence-electron chi connectivity index (χ4n) is 1.27. The molecule has 0 aromatic heterocycles. The van der Waals surface area contributed by atoms with Crippen LogP contribution in [0.4, 0.5) is 0 Å². The van der Waals surface area contributed by atoms with E-state index in [1.807, 2.05) is 25.1 Å². The van der Waals surface area contributed by atoms with Crippen LogP contribution in [0, 0.1) is 6.92 Å². The van der Waals surface area contributed by atoms with E-state index < -0.39 is 8.07 Å². The highest BCUT2D eigenvalue weighted by Crippen LogP contribution is 2.22. The average molecular weight is 317 g/mol. The van der Waals surface area contributed by atoms with Crippen molar-refractivity contribution < 1.29 is 9.47 Å². The van der Waals surface area contributed by atoms with Gasteiger partial charge in [-0.1, -0.05) is 41.6 Å². The molecule has 0 heterocycles. The molecular formula is C13H21BrO2Si. The number of halogens is 1. The summed E-state index contributed by atoms with van der Waals surface area (Å²) in [7, 11) is -0.994. The summed E-state index contributed by atoms with van der Waals surface area (Å²) >= 11 is 3.43. The largest absolute Gasteiger partial charge is 0.467 e. The number of rotatable bonds is 6. The van der Waals surface area contributed by atoms with Crippen LogP contribution in [-0.2, 0) is 4.74 Å². The Kier molecular flexibility index (Phi) is 5.69. The molecular weight excluding hydrogens is 296 g/mol. The molecule has 0 unspecified atom stereocenters. The lowest BCUT2D eigenvalue weighted by atomic mass is 10.2. The van der Waals surface area contributed by atoms with Gasteiger partial charge in [0.05, 0.1) is 0 Å². The molecule has 0 spiro atoms. The van der Waals surface area contributed by atoms with Gasteiger partial charge < -0.3 is 9.47 Å². The van der Waals surface area contributed by atoms with Crippen LogP contribution in [0.1, 0.15) is 5.56 Å². The van der Waals surface area contributed by atoms with E-state index in [1.165, 1.54) is 6.04 Å². The predicted octanol–water partition coefficient (Wildman–Crippen LogP) is 4.45. The molecule has 0 aliphatic rings. The van der Waals surface area contributed by atoms with E-state index in [-0.39, 0.29) is 0 Å². The minimum Gasteiger partial charge on any atom is -0.467 e. The van der Waals surface area contributed by atoms with E-state index in [9.17, 15) is 0 Å². The van der Waals surface area contributed by atoms with Gasteiger partial charge in [-0.15, -0.1) is 0 Å². The van der Waals surface area contributed by atoms with E-state index >= 15 is 0 Å². The second-order valence-corrected chi connectivity index (χ2v) is 11.9. The first-order chi connectivity index (χ1) is 7.88. The zero-order chi connectivity index (χ0) is 12.9. The summed E-state index contributed by atoms with van der Waals surface area (Å²) in [5.74, 6) is 0.882. The van der Waals surface area contributed by atoms with Crippen molar-refractivity contribution in [2.24, 2.45) is 0 Å². The van der Waals surface area contributed by atoms with Crippen LogP contribution in [0.15, 0.2) is 22.7 Å². The van der Waals surface area contributed by atoms with Crippen molar-refractivity contribution in [2.45, 2.75) is 32.6 Å². The Morgan fingerprint density at radius 2 is 1.94 bits per heavy atom. The molecule has 2 nitrogen and oxygen atoms in total. The molecule has 0 aliphatic heterocycles. The van der Waals surface area contributed by atoms with Crippen LogP contribution in [-0.4, -0.2) is 21.5 Å². The van der Waals surface area contributed by atoms with Crippen LogP contribution < -0.4 is 4.74 Å². The second kappa shape index (κ2) is 6.57. The molecule has 96 valence electrons. The Labute approximate surface area is 113 Å². The number of hydrogen-bond acceptors (Lipinski definition) is 2. The molecule has 0 radical (unpaired) electrons. The van der Waals surface area contributed by atoms with Crippen LogP contribution >= 0.6 is 15.9 Å². The molecule has 0 bridgehead atoms. The summed E-state index contributed by atoms with van der Waals surface area (Å²) in [6, 6.07) is 7.18. The maximum Gasteiger partial charge on any atom is 0.189 e. The normalized spacial score (nSPS) is 11.6. The highest BCUT2D eigenvalue weighted by molar-refractivity contribution is 9.10. The lowest BCUT2D eigenvalue weighted by Crippen LogP contribution is -2.22. The third-order valence-electron chi connectivity index (χ3n) is 2.44. The van der Waals surface area contributed by atoms with Gasteiger partial charge in [0.1, 0.15) is 5.75 Å². The van der Waals surface area contributed by atoms with Crippen LogP contribution in [0.5, 0.6) is 5.75 Å². The fourth-order valence-corrected chi connectivity index (χ4v) is 2.37. The highest BCUT2D eigenvalue weighted by atomic mass is 79.9. The third kappa shape index (κ3) is 6.24. The van der Waals surface area contributed by atoms with Gasteiger partial charge in [-0.3, -0.25) is 0 Å². The lowest BCUT2D eigenvalue weighted by Gasteiger charge is -2.16. The number of aryl methyl sites for hydroxylation is 1. The van der Waals surface area contributed by atoms with Gasteiger partial charge in [0.15, 0.2) is 6.79 Å². The van der Waals surface area contributed by atoms with Crippen molar-refractivity contribution in [1.29, 1.82) is 0 Å². The molecule has 1 aromatic carbocycles. The maximum absolute atomic E-state index is 5.60. The average Bonchev–Trinajstić information content (AvgIpc) is 2.21. The summed E-state index contributed by atoms with van der Waals surface area (Å²) in [5.41, 5.74) is 1.13. The van der Waals surface area contributed by atoms with Crippen LogP contribution in [0.3, 0.4) is 0 Å². The van der Waals surface area contributed by atoms with E-state index in [2.05, 4.69) is 35.6 Å². The van der Waals surface area contributed by atoms with E-state index in [0.717, 1.165) is 22.4 Å². The van der Waals surface area contributed by atoms with E-state index in [0.29, 0.717) is 6.79 Å². The fraction of sp³-hybridized carbons (Fsp3) is 0.538. The van der Waals surface area contributed by atoms with Crippen molar-refractivity contribution in [3.8, 4) is 5.75 Å². The van der Waals surface area contributed by atoms with Crippen molar-refractivity contribution in [3.63, 3.8) is 0 Å². The molecule has 1 aromatic rings. The lowest BCUT2D eigenvalue weighted by molar-refractivity contribution is 0.0216. The molecule has 1 rings (SSSR count). The molecule has 0 saturated carbocycles. The van der Waals surface area contributed by atoms with Gasteiger partial charge in [0.2, 0.25) is 0 Å². The quantitative estimate of drug-likeness (QED) is 0.438. The summed E-state index contributed by atoms with van der Waals surface area (Å²) in [5, 5.41) is 0. The molecule has 0 amide bonds. The predicted molar refractivity (Wildman–Crippen MR) is 78.5 cm³/mol. The standard InChI is InChI=1S/C13H21BrO2Si/c1-11-5-6-12(14)9-13(11)16-10-15-7-8-17(2,3)4/h5-6,9H,7-8,10H2,1-4H3. The summed E-state index contributed by atoms with van der Waals surface area (Å²) < 4.78 is 12.1. The third-order valence-corrected chi connectivity index (χ3v) is 4.64. The van der Waals surface area contributed by atoms with Crippen molar-refractivity contribution in [3.05, 3.63) is 28.2 Å². The maximum atomic E-state index is 5.60. The number of hydrogen-bond donors (Lipinski definition) is 0. The van der Waals surface area contributed by atoms with E-state index in [1.54, 1.807) is 0 Å². The van der Waals surface area contributed by atoms with Gasteiger partial charge in [-0.05, 0) is 30.7 Å². The highest BCUT2D eigenvalue weighted by Gasteiger charge is 2.12. The first-order valence-corrected chi connectivity index (χ1v) is 10.4. The van der Waals surface area contributed by atoms with Crippen molar-refractivity contribution in [1.82, 2.24) is 0 Å². The Balaban J connectivity index is 2.29. The molecule has 0 atom stereocenters. The first-order valence-electron chi connectivity index (χ1n) is 5.85. The topological polar surface area (TPSA) is 18.5 Å². The minimum atomic E-state index is -0.994. The number of ether oxygens (including phenoxy) is 2. The van der Waals surface area contributed by atoms with Gasteiger partial charge in [-0.25, -0.2) is 0 Å². The Morgan fingerprint density at radius 1 is 1.24 bits per heavy atom. The monoisotopic (exact) mass is 316 g/mol. The summed E-state index contributed by atoms with van der Waals surface area (Å²) in [4.78, 5) is 0. The summed E-state index contributed by atoms with van der Waals surface area (Å²) in [6.45, 7) is 10.2. The SMILES string of the molecule is Cc1ccc(Br)cc1OCOCC[Si](C)(C)C. The summed E-state index contributed by atoms with van der Waals surface area (Å²) in [6.07, 6.45) is 0. The first kappa shape index (κ1) is 14.7. The van der Waals surface area contributed by atoms with Crippen LogP contribution in [0.25, 0.3) is 0 Å². The Morgan fingerprint density at radius 3 is 2.59 bits per heavy atom.